The molecule has 0 radical (unpaired) electrons. The van der Waals surface area contributed by atoms with E-state index in [2.05, 4.69) is 27.3 Å². The fraction of sp³-hybridized carbons (Fsp3) is 0.556. The Morgan fingerprint density at radius 2 is 1.92 bits per heavy atom. The molecule has 2 saturated carbocycles. The highest BCUT2D eigenvalue weighted by molar-refractivity contribution is 5.99. The Hall–Kier alpha value is -2.69. The normalized spacial score (nSPS) is 27.6. The van der Waals surface area contributed by atoms with Crippen molar-refractivity contribution in [2.45, 2.75) is 55.8 Å². The summed E-state index contributed by atoms with van der Waals surface area (Å²) < 4.78 is 41.6. The number of carbonyl (C=O) groups excluding carboxylic acids is 1. The fourth-order valence-corrected chi connectivity index (χ4v) is 5.88. The molecule has 3 fully saturated rings. The summed E-state index contributed by atoms with van der Waals surface area (Å²) >= 11 is 0. The molecule has 3 aliphatic rings. The van der Waals surface area contributed by atoms with Gasteiger partial charge in [0.2, 0.25) is 0 Å². The smallest absolute Gasteiger partial charge is 0.393 e. The third-order valence-electron chi connectivity index (χ3n) is 8.02. The van der Waals surface area contributed by atoms with Crippen LogP contribution in [-0.2, 0) is 10.2 Å². The number of piperidine rings is 1. The summed E-state index contributed by atoms with van der Waals surface area (Å²) in [5.74, 6) is 0.434. The average molecular weight is 519 g/mol. The first-order chi connectivity index (χ1) is 17.6. The number of anilines is 1. The second-order valence-electron chi connectivity index (χ2n) is 10.7. The van der Waals surface area contributed by atoms with Crippen LogP contribution >= 0.6 is 0 Å². The lowest BCUT2D eigenvalue weighted by Crippen LogP contribution is -2.38. The van der Waals surface area contributed by atoms with Crippen molar-refractivity contribution in [2.75, 3.05) is 38.6 Å². The van der Waals surface area contributed by atoms with Crippen molar-refractivity contribution >= 4 is 11.7 Å². The number of benzene rings is 1. The van der Waals surface area contributed by atoms with E-state index in [-0.39, 0.29) is 35.9 Å². The standard InChI is InChI=1S/C27H33F3N4O3/c28-27(29,30)16-37-10-9-34-14-20-12-26(20,15-34)19-3-1-17(2-4-19)18-11-23(24(31)32-13-18)25(36)33-21-5-7-22(35)8-6-21/h1-4,11,13,20-22,35H,5-10,12,14-16H2,(H2,31,32)(H,33,36). The molecule has 1 aliphatic heterocycles. The molecule has 10 heteroatoms. The van der Waals surface area contributed by atoms with E-state index in [4.69, 9.17) is 10.5 Å². The number of nitrogens with one attached hydrogen (secondary N) is 1. The minimum absolute atomic E-state index is 0.0196. The van der Waals surface area contributed by atoms with Crippen LogP contribution in [0.4, 0.5) is 19.0 Å². The van der Waals surface area contributed by atoms with Crippen LogP contribution in [0.25, 0.3) is 11.1 Å². The molecule has 4 N–H and O–H groups in total. The molecule has 200 valence electrons. The molecular formula is C27H33F3N4O3. The lowest BCUT2D eigenvalue weighted by atomic mass is 9.92. The van der Waals surface area contributed by atoms with Gasteiger partial charge in [0, 0.05) is 42.9 Å². The van der Waals surface area contributed by atoms with E-state index in [1.54, 1.807) is 12.3 Å². The van der Waals surface area contributed by atoms with Gasteiger partial charge in [0.05, 0.1) is 18.3 Å². The second kappa shape index (κ2) is 10.2. The van der Waals surface area contributed by atoms with Crippen LogP contribution in [0.1, 0.15) is 48.0 Å². The van der Waals surface area contributed by atoms with Crippen molar-refractivity contribution < 1.29 is 27.8 Å². The Morgan fingerprint density at radius 3 is 2.62 bits per heavy atom. The minimum Gasteiger partial charge on any atom is -0.393 e. The zero-order valence-corrected chi connectivity index (χ0v) is 20.6. The number of nitrogen functional groups attached to an aromatic ring is 1. The summed E-state index contributed by atoms with van der Waals surface area (Å²) in [6, 6.07) is 10.0. The van der Waals surface area contributed by atoms with Crippen LogP contribution in [0.5, 0.6) is 0 Å². The zero-order valence-electron chi connectivity index (χ0n) is 20.6. The van der Waals surface area contributed by atoms with Gasteiger partial charge >= 0.3 is 6.18 Å². The molecule has 1 aromatic carbocycles. The maximum Gasteiger partial charge on any atom is 0.411 e. The number of hydrogen-bond acceptors (Lipinski definition) is 6. The second-order valence-corrected chi connectivity index (χ2v) is 10.7. The third kappa shape index (κ3) is 5.91. The fourth-order valence-electron chi connectivity index (χ4n) is 5.88. The highest BCUT2D eigenvalue weighted by atomic mass is 19.4. The van der Waals surface area contributed by atoms with E-state index < -0.39 is 12.8 Å². The molecule has 1 amide bonds. The third-order valence-corrected chi connectivity index (χ3v) is 8.02. The van der Waals surface area contributed by atoms with Gasteiger partial charge in [0.25, 0.3) is 5.91 Å². The lowest BCUT2D eigenvalue weighted by Gasteiger charge is -2.26. The molecule has 37 heavy (non-hydrogen) atoms. The minimum atomic E-state index is -4.29. The van der Waals surface area contributed by atoms with Crippen molar-refractivity contribution in [1.29, 1.82) is 0 Å². The number of carbonyl (C=O) groups is 1. The molecule has 0 bridgehead atoms. The first-order valence-electron chi connectivity index (χ1n) is 12.9. The quantitative estimate of drug-likeness (QED) is 0.463. The lowest BCUT2D eigenvalue weighted by molar-refractivity contribution is -0.174. The highest BCUT2D eigenvalue weighted by Gasteiger charge is 2.60. The number of pyridine rings is 1. The van der Waals surface area contributed by atoms with Crippen molar-refractivity contribution in [2.24, 2.45) is 5.92 Å². The number of nitrogens with zero attached hydrogens (tertiary/aromatic N) is 2. The number of likely N-dealkylation sites (tertiary alicyclic amines) is 1. The Morgan fingerprint density at radius 1 is 1.19 bits per heavy atom. The number of ether oxygens (including phenoxy) is 1. The van der Waals surface area contributed by atoms with Crippen LogP contribution < -0.4 is 11.1 Å². The summed E-state index contributed by atoms with van der Waals surface area (Å²) in [6.07, 6.45) is 0.993. The number of alkyl halides is 3. The van der Waals surface area contributed by atoms with Crippen molar-refractivity contribution in [3.63, 3.8) is 0 Å². The Balaban J connectivity index is 1.20. The molecule has 2 heterocycles. The summed E-state index contributed by atoms with van der Waals surface area (Å²) in [5, 5.41) is 12.7. The number of aromatic nitrogens is 1. The van der Waals surface area contributed by atoms with Gasteiger partial charge in [0.15, 0.2) is 0 Å². The van der Waals surface area contributed by atoms with Crippen molar-refractivity contribution in [1.82, 2.24) is 15.2 Å². The Bertz CT molecular complexity index is 1120. The zero-order chi connectivity index (χ0) is 26.2. The summed E-state index contributed by atoms with van der Waals surface area (Å²) in [4.78, 5) is 19.3. The van der Waals surface area contributed by atoms with Gasteiger partial charge < -0.3 is 20.9 Å². The van der Waals surface area contributed by atoms with Crippen LogP contribution in [0, 0.1) is 5.92 Å². The van der Waals surface area contributed by atoms with Crippen LogP contribution in [-0.4, -0.2) is 72.1 Å². The van der Waals surface area contributed by atoms with Crippen LogP contribution in [0.3, 0.4) is 0 Å². The number of aliphatic hydroxyl groups excluding tert-OH is 1. The summed E-state index contributed by atoms with van der Waals surface area (Å²) in [7, 11) is 0. The predicted octanol–water partition coefficient (Wildman–Crippen LogP) is 3.52. The number of fused-ring (bicyclic) bond motifs is 1. The van der Waals surface area contributed by atoms with Gasteiger partial charge in [-0.15, -0.1) is 0 Å². The maximum atomic E-state index is 12.9. The van der Waals surface area contributed by atoms with Gasteiger partial charge in [-0.1, -0.05) is 24.3 Å². The predicted molar refractivity (Wildman–Crippen MR) is 133 cm³/mol. The van der Waals surface area contributed by atoms with E-state index in [0.29, 0.717) is 30.9 Å². The van der Waals surface area contributed by atoms with E-state index in [1.807, 2.05) is 12.1 Å². The Labute approximate surface area is 214 Å². The number of halogens is 3. The number of hydrogen-bond donors (Lipinski definition) is 3. The number of rotatable bonds is 8. The van der Waals surface area contributed by atoms with E-state index >= 15 is 0 Å². The monoisotopic (exact) mass is 518 g/mol. The molecule has 2 aromatic rings. The van der Waals surface area contributed by atoms with E-state index in [0.717, 1.165) is 43.5 Å². The molecule has 1 saturated heterocycles. The van der Waals surface area contributed by atoms with Gasteiger partial charge in [-0.2, -0.15) is 13.2 Å². The Kier molecular flexibility index (Phi) is 7.17. The van der Waals surface area contributed by atoms with Crippen LogP contribution in [0.15, 0.2) is 36.5 Å². The molecule has 2 atom stereocenters. The van der Waals surface area contributed by atoms with Gasteiger partial charge in [-0.3, -0.25) is 9.69 Å². The SMILES string of the molecule is Nc1ncc(-c2ccc(C34CC3CN(CCOCC(F)(F)F)C4)cc2)cc1C(=O)NC1CCC(O)CC1. The number of aliphatic hydroxyl groups is 1. The maximum absolute atomic E-state index is 12.9. The molecule has 5 rings (SSSR count). The highest BCUT2D eigenvalue weighted by Crippen LogP contribution is 2.59. The summed E-state index contributed by atoms with van der Waals surface area (Å²) in [6.45, 7) is 1.06. The first kappa shape index (κ1) is 25.9. The molecule has 0 spiro atoms. The first-order valence-corrected chi connectivity index (χ1v) is 12.9. The van der Waals surface area contributed by atoms with E-state index in [9.17, 15) is 23.1 Å². The number of nitrogens with two attached hydrogens (primary N) is 1. The van der Waals surface area contributed by atoms with Crippen molar-refractivity contribution in [3.8, 4) is 11.1 Å². The van der Waals surface area contributed by atoms with Gasteiger partial charge in [-0.05, 0) is 55.2 Å². The molecule has 2 unspecified atom stereocenters. The van der Waals surface area contributed by atoms with Crippen molar-refractivity contribution in [3.05, 3.63) is 47.7 Å². The summed E-state index contributed by atoms with van der Waals surface area (Å²) in [5.41, 5.74) is 9.36. The molecule has 7 nitrogen and oxygen atoms in total. The molecule has 1 aromatic heterocycles. The largest absolute Gasteiger partial charge is 0.411 e. The topological polar surface area (TPSA) is 101 Å². The average Bonchev–Trinajstić information content (AvgIpc) is 3.44. The van der Waals surface area contributed by atoms with E-state index in [1.165, 1.54) is 5.56 Å². The van der Waals surface area contributed by atoms with Crippen LogP contribution in [0.2, 0.25) is 0 Å². The van der Waals surface area contributed by atoms with Gasteiger partial charge in [0.1, 0.15) is 12.4 Å². The van der Waals surface area contributed by atoms with Gasteiger partial charge in [-0.25, -0.2) is 4.98 Å². The molecule has 2 aliphatic carbocycles. The number of amides is 1. The molecular weight excluding hydrogens is 485 g/mol.